The first-order chi connectivity index (χ1) is 14.8. The Morgan fingerprint density at radius 3 is 2.68 bits per heavy atom. The van der Waals surface area contributed by atoms with Crippen LogP contribution in [0.15, 0.2) is 42.6 Å². The second kappa shape index (κ2) is 9.83. The smallest absolute Gasteiger partial charge is 0.181 e. The summed E-state index contributed by atoms with van der Waals surface area (Å²) >= 11 is 0. The summed E-state index contributed by atoms with van der Waals surface area (Å²) in [5.74, 6) is -1.05. The fourth-order valence-corrected chi connectivity index (χ4v) is 3.48. The van der Waals surface area contributed by atoms with Gasteiger partial charge in [0.2, 0.25) is 0 Å². The van der Waals surface area contributed by atoms with Crippen LogP contribution in [0.25, 0.3) is 5.65 Å². The number of rotatable bonds is 9. The molecule has 0 aliphatic carbocycles. The number of carbonyl (C=O) groups is 1. The number of pyridine rings is 1. The van der Waals surface area contributed by atoms with Crippen molar-refractivity contribution in [3.63, 3.8) is 0 Å². The van der Waals surface area contributed by atoms with Crippen molar-refractivity contribution in [2.24, 2.45) is 5.73 Å². The normalized spacial score (nSPS) is 12.6. The number of hydrogen-bond acceptors (Lipinski definition) is 4. The van der Waals surface area contributed by atoms with Crippen LogP contribution < -0.4 is 10.5 Å². The van der Waals surface area contributed by atoms with E-state index in [1.807, 2.05) is 26.0 Å². The average Bonchev–Trinajstić information content (AvgIpc) is 3.05. The third-order valence-corrected chi connectivity index (χ3v) is 5.11. The number of aryl methyl sites for hydroxylation is 2. The van der Waals surface area contributed by atoms with Gasteiger partial charge in [0.15, 0.2) is 17.2 Å². The molecule has 2 aromatic heterocycles. The zero-order valence-corrected chi connectivity index (χ0v) is 18.0. The van der Waals surface area contributed by atoms with Gasteiger partial charge in [-0.25, -0.2) is 13.8 Å². The summed E-state index contributed by atoms with van der Waals surface area (Å²) in [4.78, 5) is 17.4. The van der Waals surface area contributed by atoms with E-state index in [4.69, 9.17) is 10.5 Å². The fraction of sp³-hybridized carbons (Fsp3) is 0.333. The van der Waals surface area contributed by atoms with Gasteiger partial charge in [0.1, 0.15) is 23.9 Å². The van der Waals surface area contributed by atoms with Gasteiger partial charge in [0.05, 0.1) is 11.3 Å². The van der Waals surface area contributed by atoms with E-state index in [1.165, 1.54) is 18.2 Å². The highest BCUT2D eigenvalue weighted by atomic mass is 19.1. The van der Waals surface area contributed by atoms with Crippen LogP contribution in [0, 0.1) is 25.5 Å². The van der Waals surface area contributed by atoms with Gasteiger partial charge in [-0.15, -0.1) is 0 Å². The number of fused-ring (bicyclic) bond motifs is 1. The van der Waals surface area contributed by atoms with Crippen molar-refractivity contribution in [2.45, 2.75) is 52.7 Å². The van der Waals surface area contributed by atoms with E-state index in [0.717, 1.165) is 12.0 Å². The highest BCUT2D eigenvalue weighted by Crippen LogP contribution is 2.26. The van der Waals surface area contributed by atoms with Crippen LogP contribution in [0.4, 0.5) is 8.78 Å². The molecule has 7 heteroatoms. The molecule has 0 saturated carbocycles. The summed E-state index contributed by atoms with van der Waals surface area (Å²) in [7, 11) is 0. The maximum Gasteiger partial charge on any atom is 0.181 e. The summed E-state index contributed by atoms with van der Waals surface area (Å²) < 4.78 is 35.3. The summed E-state index contributed by atoms with van der Waals surface area (Å²) in [6.07, 6.45) is 7.32. The maximum atomic E-state index is 13.9. The predicted octanol–water partition coefficient (Wildman–Crippen LogP) is 5.06. The van der Waals surface area contributed by atoms with E-state index in [-0.39, 0.29) is 24.0 Å². The standard InChI is InChI=1S/C24H27F2N3O2/c1-4-5-7-17(27)10-11-21(30)23-16(3)28-24-22(12-15(2)13-29(23)24)31-14-18-19(25)8-6-9-20(18)26/h4-6,8-9,12-13,17H,7,10-11,14,27H2,1-3H3. The minimum absolute atomic E-state index is 0.0578. The molecular weight excluding hydrogens is 400 g/mol. The maximum absolute atomic E-state index is 13.9. The lowest BCUT2D eigenvalue weighted by atomic mass is 10.0. The quantitative estimate of drug-likeness (QED) is 0.383. The van der Waals surface area contributed by atoms with Gasteiger partial charge in [-0.1, -0.05) is 18.2 Å². The van der Waals surface area contributed by atoms with Crippen molar-refractivity contribution in [3.05, 3.63) is 76.8 Å². The van der Waals surface area contributed by atoms with E-state index in [2.05, 4.69) is 4.98 Å². The van der Waals surface area contributed by atoms with Crippen molar-refractivity contribution in [1.82, 2.24) is 9.38 Å². The molecule has 0 aliphatic rings. The molecule has 5 nitrogen and oxygen atoms in total. The Labute approximate surface area is 180 Å². The highest BCUT2D eigenvalue weighted by Gasteiger charge is 2.20. The van der Waals surface area contributed by atoms with Crippen LogP contribution in [0.3, 0.4) is 0 Å². The largest absolute Gasteiger partial charge is 0.485 e. The Balaban J connectivity index is 1.86. The highest BCUT2D eigenvalue weighted by molar-refractivity contribution is 5.96. The Morgan fingerprint density at radius 2 is 2.00 bits per heavy atom. The molecule has 164 valence electrons. The first kappa shape index (κ1) is 22.6. The number of ether oxygens (including phenoxy) is 1. The molecule has 0 radical (unpaired) electrons. The van der Waals surface area contributed by atoms with Crippen LogP contribution in [0.1, 0.15) is 53.5 Å². The topological polar surface area (TPSA) is 69.6 Å². The summed E-state index contributed by atoms with van der Waals surface area (Å²) in [6.45, 7) is 5.26. The van der Waals surface area contributed by atoms with E-state index in [9.17, 15) is 13.6 Å². The lowest BCUT2D eigenvalue weighted by molar-refractivity contribution is 0.0971. The number of aromatic nitrogens is 2. The molecule has 0 fully saturated rings. The average molecular weight is 427 g/mol. The zero-order valence-electron chi connectivity index (χ0n) is 18.0. The Hall–Kier alpha value is -3.06. The lowest BCUT2D eigenvalue weighted by Gasteiger charge is -2.11. The zero-order chi connectivity index (χ0) is 22.5. The first-order valence-electron chi connectivity index (χ1n) is 10.3. The fourth-order valence-electron chi connectivity index (χ4n) is 3.48. The van der Waals surface area contributed by atoms with Crippen LogP contribution in [0.5, 0.6) is 5.75 Å². The number of halogens is 2. The molecule has 0 saturated heterocycles. The molecule has 1 atom stereocenters. The lowest BCUT2D eigenvalue weighted by Crippen LogP contribution is -2.20. The molecule has 2 N–H and O–H groups in total. The van der Waals surface area contributed by atoms with Gasteiger partial charge in [-0.05, 0) is 57.4 Å². The number of nitrogens with two attached hydrogens (primary N) is 1. The predicted molar refractivity (Wildman–Crippen MR) is 116 cm³/mol. The molecule has 0 amide bonds. The van der Waals surface area contributed by atoms with Crippen molar-refractivity contribution in [1.29, 1.82) is 0 Å². The van der Waals surface area contributed by atoms with E-state index in [1.54, 1.807) is 23.6 Å². The van der Waals surface area contributed by atoms with E-state index >= 15 is 0 Å². The number of nitrogens with zero attached hydrogens (tertiary/aromatic N) is 2. The molecule has 3 rings (SSSR count). The minimum Gasteiger partial charge on any atom is -0.485 e. The second-order valence-corrected chi connectivity index (χ2v) is 7.64. The summed E-state index contributed by atoms with van der Waals surface area (Å²) in [5, 5.41) is 0. The van der Waals surface area contributed by atoms with Gasteiger partial charge >= 0.3 is 0 Å². The number of benzene rings is 1. The SMILES string of the molecule is CC=CCC(N)CCC(=O)c1c(C)nc2c(OCc3c(F)cccc3F)cc(C)cn12. The van der Waals surface area contributed by atoms with Crippen molar-refractivity contribution in [2.75, 3.05) is 0 Å². The number of hydrogen-bond donors (Lipinski definition) is 1. The molecule has 1 unspecified atom stereocenters. The minimum atomic E-state index is -0.673. The molecule has 0 bridgehead atoms. The molecule has 31 heavy (non-hydrogen) atoms. The van der Waals surface area contributed by atoms with E-state index < -0.39 is 11.6 Å². The third-order valence-electron chi connectivity index (χ3n) is 5.11. The molecule has 3 aromatic rings. The number of ketones is 1. The van der Waals surface area contributed by atoms with E-state index in [0.29, 0.717) is 35.6 Å². The number of allylic oxidation sites excluding steroid dienone is 1. The van der Waals surface area contributed by atoms with Crippen LogP contribution in [-0.4, -0.2) is 21.2 Å². The molecular formula is C24H27F2N3O2. The van der Waals surface area contributed by atoms with Crippen LogP contribution in [0.2, 0.25) is 0 Å². The van der Waals surface area contributed by atoms with Crippen molar-refractivity contribution < 1.29 is 18.3 Å². The molecule has 1 aromatic carbocycles. The Morgan fingerprint density at radius 1 is 1.29 bits per heavy atom. The summed E-state index contributed by atoms with van der Waals surface area (Å²) in [6, 6.07) is 5.33. The monoisotopic (exact) mass is 427 g/mol. The van der Waals surface area contributed by atoms with Gasteiger partial charge < -0.3 is 10.5 Å². The molecule has 0 spiro atoms. The number of imidazole rings is 1. The Bertz CT molecular complexity index is 1100. The first-order valence-corrected chi connectivity index (χ1v) is 10.3. The van der Waals surface area contributed by atoms with Crippen LogP contribution in [-0.2, 0) is 6.61 Å². The third kappa shape index (κ3) is 5.17. The van der Waals surface area contributed by atoms with Crippen molar-refractivity contribution in [3.8, 4) is 5.75 Å². The van der Waals surface area contributed by atoms with Crippen molar-refractivity contribution >= 4 is 11.4 Å². The Kier molecular flexibility index (Phi) is 7.17. The number of Topliss-reactive ketones (excluding diaryl/α,β-unsaturated/α-hetero) is 1. The van der Waals surface area contributed by atoms with Gasteiger partial charge in [0.25, 0.3) is 0 Å². The number of carbonyl (C=O) groups excluding carboxylic acids is 1. The van der Waals surface area contributed by atoms with Gasteiger partial charge in [-0.3, -0.25) is 9.20 Å². The van der Waals surface area contributed by atoms with Crippen LogP contribution >= 0.6 is 0 Å². The van der Waals surface area contributed by atoms with Gasteiger partial charge in [0, 0.05) is 18.7 Å². The molecule has 2 heterocycles. The second-order valence-electron chi connectivity index (χ2n) is 7.64. The summed E-state index contributed by atoms with van der Waals surface area (Å²) in [5.41, 5.74) is 8.22. The molecule has 0 aliphatic heterocycles. The van der Waals surface area contributed by atoms with Gasteiger partial charge in [-0.2, -0.15) is 0 Å².